The molecule has 3 heteroatoms. The van der Waals surface area contributed by atoms with Gasteiger partial charge in [0, 0.05) is 30.3 Å². The Bertz CT molecular complexity index is 334. The molecule has 1 aliphatic heterocycles. The molecular formula is C12H15ClN2. The third-order valence-corrected chi connectivity index (χ3v) is 2.97. The van der Waals surface area contributed by atoms with E-state index in [0.29, 0.717) is 6.04 Å². The van der Waals surface area contributed by atoms with Crippen molar-refractivity contribution >= 4 is 17.3 Å². The molecule has 1 heterocycles. The van der Waals surface area contributed by atoms with Crippen molar-refractivity contribution in [3.63, 3.8) is 0 Å². The van der Waals surface area contributed by atoms with Gasteiger partial charge in [-0.25, -0.2) is 0 Å². The predicted octanol–water partition coefficient (Wildman–Crippen LogP) is 2.30. The van der Waals surface area contributed by atoms with Gasteiger partial charge in [0.1, 0.15) is 0 Å². The van der Waals surface area contributed by atoms with E-state index in [0.717, 1.165) is 24.7 Å². The maximum absolute atomic E-state index is 5.87. The first kappa shape index (κ1) is 10.5. The Balaban J connectivity index is 2.20. The zero-order valence-electron chi connectivity index (χ0n) is 8.62. The largest absolute Gasteiger partial charge is 0.363 e. The van der Waals surface area contributed by atoms with Gasteiger partial charge in [-0.1, -0.05) is 17.7 Å². The number of piperazine rings is 1. The minimum Gasteiger partial charge on any atom is -0.363 e. The van der Waals surface area contributed by atoms with Gasteiger partial charge in [-0.05, 0) is 24.3 Å². The van der Waals surface area contributed by atoms with Crippen LogP contribution >= 0.6 is 11.6 Å². The van der Waals surface area contributed by atoms with E-state index in [1.54, 1.807) is 0 Å². The fourth-order valence-electron chi connectivity index (χ4n) is 1.89. The molecule has 2 rings (SSSR count). The summed E-state index contributed by atoms with van der Waals surface area (Å²) in [6, 6.07) is 8.35. The number of rotatable bonds is 2. The lowest BCUT2D eigenvalue weighted by Gasteiger charge is -2.36. The van der Waals surface area contributed by atoms with E-state index in [1.165, 1.54) is 5.69 Å². The van der Waals surface area contributed by atoms with Gasteiger partial charge in [-0.2, -0.15) is 0 Å². The average molecular weight is 223 g/mol. The normalized spacial score (nSPS) is 21.4. The molecule has 1 aromatic rings. The minimum absolute atomic E-state index is 0.375. The fraction of sp³-hybridized carbons (Fsp3) is 0.333. The first-order chi connectivity index (χ1) is 7.31. The molecule has 1 fully saturated rings. The van der Waals surface area contributed by atoms with Crippen LogP contribution in [0.4, 0.5) is 5.69 Å². The highest BCUT2D eigenvalue weighted by atomic mass is 35.5. The van der Waals surface area contributed by atoms with Gasteiger partial charge in [0.15, 0.2) is 0 Å². The molecule has 1 N–H and O–H groups in total. The number of nitrogens with one attached hydrogen (secondary N) is 1. The molecule has 1 saturated heterocycles. The lowest BCUT2D eigenvalue weighted by Crippen LogP contribution is -2.50. The number of benzene rings is 1. The summed E-state index contributed by atoms with van der Waals surface area (Å²) in [6.45, 7) is 6.87. The van der Waals surface area contributed by atoms with Crippen LogP contribution in [-0.4, -0.2) is 25.7 Å². The summed E-state index contributed by atoms with van der Waals surface area (Å²) in [5.74, 6) is 0. The molecule has 0 aliphatic carbocycles. The molecule has 1 aliphatic rings. The van der Waals surface area contributed by atoms with Crippen LogP contribution in [0.2, 0.25) is 5.02 Å². The zero-order chi connectivity index (χ0) is 10.7. The summed E-state index contributed by atoms with van der Waals surface area (Å²) < 4.78 is 0. The SMILES string of the molecule is C=C[C@H]1CNCCN1c1ccc(Cl)cc1. The monoisotopic (exact) mass is 222 g/mol. The highest BCUT2D eigenvalue weighted by Gasteiger charge is 2.19. The van der Waals surface area contributed by atoms with Crippen LogP contribution in [0.3, 0.4) is 0 Å². The molecule has 15 heavy (non-hydrogen) atoms. The molecule has 0 aromatic heterocycles. The Kier molecular flexibility index (Phi) is 3.29. The van der Waals surface area contributed by atoms with Gasteiger partial charge in [-0.3, -0.25) is 0 Å². The number of nitrogens with zero attached hydrogens (tertiary/aromatic N) is 1. The van der Waals surface area contributed by atoms with Gasteiger partial charge in [0.25, 0.3) is 0 Å². The summed E-state index contributed by atoms with van der Waals surface area (Å²) in [5, 5.41) is 4.14. The molecule has 0 spiro atoms. The molecule has 0 unspecified atom stereocenters. The first-order valence-corrected chi connectivity index (χ1v) is 5.54. The lowest BCUT2D eigenvalue weighted by atomic mass is 10.1. The van der Waals surface area contributed by atoms with E-state index < -0.39 is 0 Å². The van der Waals surface area contributed by atoms with Gasteiger partial charge in [-0.15, -0.1) is 6.58 Å². The second-order valence-corrected chi connectivity index (χ2v) is 4.11. The highest BCUT2D eigenvalue weighted by molar-refractivity contribution is 6.30. The summed E-state index contributed by atoms with van der Waals surface area (Å²) in [6.07, 6.45) is 1.99. The van der Waals surface area contributed by atoms with Crippen LogP contribution in [-0.2, 0) is 0 Å². The van der Waals surface area contributed by atoms with Crippen LogP contribution in [0.1, 0.15) is 0 Å². The van der Waals surface area contributed by atoms with Crippen LogP contribution in [0.15, 0.2) is 36.9 Å². The Morgan fingerprint density at radius 2 is 2.13 bits per heavy atom. The van der Waals surface area contributed by atoms with Crippen LogP contribution in [0.5, 0.6) is 0 Å². The Morgan fingerprint density at radius 3 is 2.80 bits per heavy atom. The quantitative estimate of drug-likeness (QED) is 0.773. The van der Waals surface area contributed by atoms with Crippen molar-refractivity contribution in [1.82, 2.24) is 5.32 Å². The van der Waals surface area contributed by atoms with Crippen molar-refractivity contribution in [2.45, 2.75) is 6.04 Å². The van der Waals surface area contributed by atoms with Crippen LogP contribution < -0.4 is 10.2 Å². The summed E-state index contributed by atoms with van der Waals surface area (Å²) >= 11 is 5.87. The molecule has 1 aromatic carbocycles. The third kappa shape index (κ3) is 2.33. The van der Waals surface area contributed by atoms with Crippen molar-refractivity contribution in [3.8, 4) is 0 Å². The van der Waals surface area contributed by atoms with Crippen molar-refractivity contribution in [2.24, 2.45) is 0 Å². The molecule has 2 nitrogen and oxygen atoms in total. The second-order valence-electron chi connectivity index (χ2n) is 3.68. The van der Waals surface area contributed by atoms with Crippen molar-refractivity contribution < 1.29 is 0 Å². The van der Waals surface area contributed by atoms with Crippen molar-refractivity contribution in [2.75, 3.05) is 24.5 Å². The Hall–Kier alpha value is -0.990. The van der Waals surface area contributed by atoms with E-state index in [4.69, 9.17) is 11.6 Å². The molecule has 0 amide bonds. The second kappa shape index (κ2) is 4.69. The van der Waals surface area contributed by atoms with Gasteiger partial charge < -0.3 is 10.2 Å². The first-order valence-electron chi connectivity index (χ1n) is 5.17. The maximum Gasteiger partial charge on any atom is 0.0595 e. The minimum atomic E-state index is 0.375. The number of anilines is 1. The summed E-state index contributed by atoms with van der Waals surface area (Å²) in [7, 11) is 0. The maximum atomic E-state index is 5.87. The van der Waals surface area contributed by atoms with E-state index in [1.807, 2.05) is 18.2 Å². The standard InChI is InChI=1S/C12H15ClN2/c1-2-11-9-14-7-8-15(11)12-5-3-10(13)4-6-12/h2-6,11,14H,1,7-9H2/t11-/m0/s1. The highest BCUT2D eigenvalue weighted by Crippen LogP contribution is 2.21. The smallest absolute Gasteiger partial charge is 0.0595 e. The summed E-state index contributed by atoms with van der Waals surface area (Å²) in [5.41, 5.74) is 1.21. The van der Waals surface area contributed by atoms with E-state index >= 15 is 0 Å². The van der Waals surface area contributed by atoms with Gasteiger partial charge >= 0.3 is 0 Å². The Labute approximate surface area is 95.5 Å². The van der Waals surface area contributed by atoms with Crippen molar-refractivity contribution in [1.29, 1.82) is 0 Å². The average Bonchev–Trinajstić information content (AvgIpc) is 2.30. The zero-order valence-corrected chi connectivity index (χ0v) is 9.37. The van der Waals surface area contributed by atoms with Gasteiger partial charge in [0.2, 0.25) is 0 Å². The van der Waals surface area contributed by atoms with Crippen LogP contribution in [0, 0.1) is 0 Å². The van der Waals surface area contributed by atoms with E-state index in [-0.39, 0.29) is 0 Å². The molecule has 0 bridgehead atoms. The number of halogens is 1. The molecular weight excluding hydrogens is 208 g/mol. The van der Waals surface area contributed by atoms with E-state index in [2.05, 4.69) is 28.9 Å². The molecule has 0 radical (unpaired) electrons. The summed E-state index contributed by atoms with van der Waals surface area (Å²) in [4.78, 5) is 2.35. The molecule has 0 saturated carbocycles. The predicted molar refractivity (Wildman–Crippen MR) is 65.7 cm³/mol. The number of hydrogen-bond acceptors (Lipinski definition) is 2. The van der Waals surface area contributed by atoms with Crippen molar-refractivity contribution in [3.05, 3.63) is 41.9 Å². The van der Waals surface area contributed by atoms with Crippen LogP contribution in [0.25, 0.3) is 0 Å². The number of hydrogen-bond donors (Lipinski definition) is 1. The Morgan fingerprint density at radius 1 is 1.40 bits per heavy atom. The van der Waals surface area contributed by atoms with E-state index in [9.17, 15) is 0 Å². The topological polar surface area (TPSA) is 15.3 Å². The lowest BCUT2D eigenvalue weighted by molar-refractivity contribution is 0.530. The molecule has 80 valence electrons. The van der Waals surface area contributed by atoms with Gasteiger partial charge in [0.05, 0.1) is 6.04 Å². The third-order valence-electron chi connectivity index (χ3n) is 2.71. The molecule has 1 atom stereocenters. The fourth-order valence-corrected chi connectivity index (χ4v) is 2.02.